The lowest BCUT2D eigenvalue weighted by molar-refractivity contribution is -0.253. The van der Waals surface area contributed by atoms with Crippen LogP contribution in [-0.2, 0) is 22.6 Å². The summed E-state index contributed by atoms with van der Waals surface area (Å²) in [6, 6.07) is 29.7. The summed E-state index contributed by atoms with van der Waals surface area (Å²) < 4.78 is 13.3. The Hall–Kier alpha value is -5.00. The quantitative estimate of drug-likeness (QED) is 0.206. The van der Waals surface area contributed by atoms with Crippen LogP contribution in [0.15, 0.2) is 116 Å². The van der Waals surface area contributed by atoms with Gasteiger partial charge in [0, 0.05) is 76.0 Å². The number of benzene rings is 3. The molecule has 0 saturated carbocycles. The van der Waals surface area contributed by atoms with E-state index in [9.17, 15) is 9.90 Å². The number of amides is 1. The molecule has 5 aromatic rings. The molecule has 3 unspecified atom stereocenters. The first-order chi connectivity index (χ1) is 24.1. The first kappa shape index (κ1) is 32.5. The third-order valence-electron chi connectivity index (χ3n) is 9.16. The molecule has 10 heteroatoms. The normalized spacial score (nSPS) is 19.8. The summed E-state index contributed by atoms with van der Waals surface area (Å²) in [5, 5.41) is 12.6. The van der Waals surface area contributed by atoms with Crippen molar-refractivity contribution >= 4 is 11.9 Å². The number of rotatable bonds is 10. The molecule has 1 amide bonds. The zero-order chi connectivity index (χ0) is 33.4. The Bertz CT molecular complexity index is 1800. The average molecular weight is 657 g/mol. The Morgan fingerprint density at radius 2 is 1.57 bits per heavy atom. The number of carbonyl (C=O) groups is 1. The predicted octanol–water partition coefficient (Wildman–Crippen LogP) is 5.33. The number of nitrogens with one attached hydrogen (secondary N) is 1. The minimum absolute atomic E-state index is 0.00647. The number of aromatic nitrogens is 3. The highest BCUT2D eigenvalue weighted by Crippen LogP contribution is 2.39. The van der Waals surface area contributed by atoms with Crippen molar-refractivity contribution in [1.29, 1.82) is 0 Å². The summed E-state index contributed by atoms with van der Waals surface area (Å²) in [6.45, 7) is 4.72. The Labute approximate surface area is 286 Å². The van der Waals surface area contributed by atoms with Gasteiger partial charge in [-0.3, -0.25) is 14.7 Å². The number of aliphatic hydroxyl groups excluding tert-OH is 1. The van der Waals surface area contributed by atoms with Crippen LogP contribution in [0.4, 0.5) is 5.95 Å². The molecule has 7 rings (SSSR count). The molecule has 250 valence electrons. The fraction of sp³-hybridized carbons (Fsp3) is 0.282. The average Bonchev–Trinajstić information content (AvgIpc) is 3.18. The molecule has 3 aromatic carbocycles. The second-order valence-electron chi connectivity index (χ2n) is 12.4. The van der Waals surface area contributed by atoms with Gasteiger partial charge in [0.05, 0.1) is 24.4 Å². The number of pyridine rings is 1. The summed E-state index contributed by atoms with van der Waals surface area (Å²) in [5.74, 6) is 0.614. The van der Waals surface area contributed by atoms with Gasteiger partial charge >= 0.3 is 0 Å². The number of hydrogen-bond donors (Lipinski definition) is 2. The molecule has 10 nitrogen and oxygen atoms in total. The molecule has 2 aliphatic heterocycles. The Morgan fingerprint density at radius 3 is 2.31 bits per heavy atom. The van der Waals surface area contributed by atoms with Gasteiger partial charge in [0.25, 0.3) is 5.91 Å². The molecule has 2 aliphatic rings. The van der Waals surface area contributed by atoms with Crippen LogP contribution in [0.3, 0.4) is 0 Å². The third kappa shape index (κ3) is 8.01. The van der Waals surface area contributed by atoms with Crippen molar-refractivity contribution in [2.24, 2.45) is 0 Å². The number of ether oxygens (including phenoxy) is 2. The van der Waals surface area contributed by atoms with Crippen molar-refractivity contribution < 1.29 is 19.4 Å². The lowest BCUT2D eigenvalue weighted by Crippen LogP contribution is -2.50. The maximum atomic E-state index is 12.7. The topological polar surface area (TPSA) is 113 Å². The fourth-order valence-electron chi connectivity index (χ4n) is 6.46. The van der Waals surface area contributed by atoms with Gasteiger partial charge in [0.2, 0.25) is 5.95 Å². The molecular formula is C39H40N6O4. The monoisotopic (exact) mass is 656 g/mol. The number of nitrogens with zero attached hydrogens (tertiary/aromatic N) is 5. The van der Waals surface area contributed by atoms with Gasteiger partial charge in [0.1, 0.15) is 0 Å². The van der Waals surface area contributed by atoms with E-state index in [1.807, 2.05) is 48.5 Å². The fourth-order valence-corrected chi connectivity index (χ4v) is 6.46. The van der Waals surface area contributed by atoms with E-state index in [-0.39, 0.29) is 24.7 Å². The maximum absolute atomic E-state index is 12.7. The van der Waals surface area contributed by atoms with E-state index < -0.39 is 6.29 Å². The molecule has 49 heavy (non-hydrogen) atoms. The molecule has 4 heterocycles. The van der Waals surface area contributed by atoms with Crippen LogP contribution in [0.2, 0.25) is 0 Å². The van der Waals surface area contributed by atoms with E-state index in [1.54, 1.807) is 36.9 Å². The smallest absolute Gasteiger partial charge is 0.253 e. The number of carbonyl (C=O) groups excluding carboxylic acids is 1. The highest BCUT2D eigenvalue weighted by molar-refractivity contribution is 5.93. The van der Waals surface area contributed by atoms with E-state index in [0.29, 0.717) is 12.1 Å². The predicted molar refractivity (Wildman–Crippen MR) is 186 cm³/mol. The molecule has 0 bridgehead atoms. The summed E-state index contributed by atoms with van der Waals surface area (Å²) in [5.41, 5.74) is 6.52. The van der Waals surface area contributed by atoms with Crippen LogP contribution >= 0.6 is 0 Å². The number of anilines is 1. The van der Waals surface area contributed by atoms with E-state index in [4.69, 9.17) is 9.47 Å². The first-order valence-corrected chi connectivity index (χ1v) is 16.7. The van der Waals surface area contributed by atoms with E-state index in [0.717, 1.165) is 78.5 Å². The third-order valence-corrected chi connectivity index (χ3v) is 9.16. The number of aliphatic hydroxyl groups is 1. The van der Waals surface area contributed by atoms with Crippen molar-refractivity contribution in [2.45, 2.75) is 38.1 Å². The Kier molecular flexibility index (Phi) is 10.3. The van der Waals surface area contributed by atoms with Gasteiger partial charge in [-0.1, -0.05) is 72.8 Å². The van der Waals surface area contributed by atoms with Crippen molar-refractivity contribution in [3.63, 3.8) is 0 Å². The lowest BCUT2D eigenvalue weighted by atomic mass is 9.97. The van der Waals surface area contributed by atoms with Crippen LogP contribution in [0, 0.1) is 0 Å². The SMILES string of the molecule is O=C(NCc1ccccc1-c1ccc(C2OC(CN3CCN(c4ncccn4)CC3)CC(c3ccc(CO)cc3)O2)cc1)c1cccnc1. The minimum atomic E-state index is -0.539. The molecule has 0 aliphatic carbocycles. The van der Waals surface area contributed by atoms with Crippen LogP contribution in [0.25, 0.3) is 11.1 Å². The Morgan fingerprint density at radius 1 is 0.816 bits per heavy atom. The van der Waals surface area contributed by atoms with Crippen LogP contribution in [-0.4, -0.2) is 69.7 Å². The van der Waals surface area contributed by atoms with E-state index >= 15 is 0 Å². The van der Waals surface area contributed by atoms with Crippen molar-refractivity contribution in [3.05, 3.63) is 144 Å². The van der Waals surface area contributed by atoms with Crippen LogP contribution in [0.1, 0.15) is 51.4 Å². The zero-order valence-corrected chi connectivity index (χ0v) is 27.3. The molecule has 2 N–H and O–H groups in total. The van der Waals surface area contributed by atoms with Crippen molar-refractivity contribution in [2.75, 3.05) is 37.6 Å². The molecular weight excluding hydrogens is 616 g/mol. The molecule has 0 radical (unpaired) electrons. The standard InChI is InChI=1S/C39H40N6O4/c46-27-28-8-10-30(11-9-28)36-23-34(26-44-19-21-45(22-20-44)39-41-17-4-18-42-39)48-38(49-36)31-14-12-29(13-15-31)35-7-2-1-5-32(35)25-43-37(47)33-6-3-16-40-24-33/h1-18,24,34,36,38,46H,19-23,25-27H2,(H,43,47). The van der Waals surface area contributed by atoms with Gasteiger partial charge in [-0.2, -0.15) is 0 Å². The maximum Gasteiger partial charge on any atom is 0.253 e. The number of hydrogen-bond acceptors (Lipinski definition) is 9. The van der Waals surface area contributed by atoms with Gasteiger partial charge in [0.15, 0.2) is 6.29 Å². The Balaban J connectivity index is 1.05. The van der Waals surface area contributed by atoms with Crippen LogP contribution in [0.5, 0.6) is 0 Å². The summed E-state index contributed by atoms with van der Waals surface area (Å²) in [6.07, 6.45) is 6.79. The molecule has 0 spiro atoms. The van der Waals surface area contributed by atoms with Gasteiger partial charge < -0.3 is 24.8 Å². The summed E-state index contributed by atoms with van der Waals surface area (Å²) in [4.78, 5) is 30.2. The van der Waals surface area contributed by atoms with E-state index in [1.165, 1.54) is 0 Å². The lowest BCUT2D eigenvalue weighted by Gasteiger charge is -2.40. The van der Waals surface area contributed by atoms with Crippen molar-refractivity contribution in [3.8, 4) is 11.1 Å². The molecule has 3 atom stereocenters. The minimum Gasteiger partial charge on any atom is -0.392 e. The highest BCUT2D eigenvalue weighted by atomic mass is 16.7. The largest absolute Gasteiger partial charge is 0.392 e. The van der Waals surface area contributed by atoms with E-state index in [2.05, 4.69) is 60.4 Å². The molecule has 2 saturated heterocycles. The van der Waals surface area contributed by atoms with Gasteiger partial charge in [-0.15, -0.1) is 0 Å². The van der Waals surface area contributed by atoms with Crippen molar-refractivity contribution in [1.82, 2.24) is 25.2 Å². The summed E-state index contributed by atoms with van der Waals surface area (Å²) in [7, 11) is 0. The zero-order valence-electron chi connectivity index (χ0n) is 27.3. The second-order valence-corrected chi connectivity index (χ2v) is 12.4. The van der Waals surface area contributed by atoms with Gasteiger partial charge in [-0.05, 0) is 46.0 Å². The number of piperazine rings is 1. The molecule has 2 fully saturated rings. The highest BCUT2D eigenvalue weighted by Gasteiger charge is 2.34. The molecule has 2 aromatic heterocycles. The first-order valence-electron chi connectivity index (χ1n) is 16.7. The summed E-state index contributed by atoms with van der Waals surface area (Å²) >= 11 is 0. The van der Waals surface area contributed by atoms with Gasteiger partial charge in [-0.25, -0.2) is 9.97 Å². The van der Waals surface area contributed by atoms with Crippen LogP contribution < -0.4 is 10.2 Å². The second kappa shape index (κ2) is 15.5.